The zero-order valence-corrected chi connectivity index (χ0v) is 11.8. The lowest BCUT2D eigenvalue weighted by Crippen LogP contribution is -2.14. The summed E-state index contributed by atoms with van der Waals surface area (Å²) >= 11 is 6.11. The van der Waals surface area contributed by atoms with Crippen LogP contribution >= 0.6 is 11.6 Å². The molecule has 0 bridgehead atoms. The summed E-state index contributed by atoms with van der Waals surface area (Å²) in [5.74, 6) is 0.643. The topological polar surface area (TPSA) is 34.2 Å². The van der Waals surface area contributed by atoms with Gasteiger partial charge in [-0.05, 0) is 26.1 Å². The Labute approximate surface area is 118 Å². The molecule has 1 aromatic carbocycles. The van der Waals surface area contributed by atoms with Gasteiger partial charge in [0.1, 0.15) is 6.61 Å². The second-order valence-electron chi connectivity index (χ2n) is 4.29. The van der Waals surface area contributed by atoms with Crippen molar-refractivity contribution in [3.05, 3.63) is 58.7 Å². The van der Waals surface area contributed by atoms with E-state index in [2.05, 4.69) is 17.2 Å². The average molecular weight is 277 g/mol. The Bertz CT molecular complexity index is 545. The van der Waals surface area contributed by atoms with Gasteiger partial charge in [-0.3, -0.25) is 0 Å². The summed E-state index contributed by atoms with van der Waals surface area (Å²) in [6.45, 7) is 2.49. The lowest BCUT2D eigenvalue weighted by atomic mass is 10.1. The molecule has 100 valence electrons. The highest BCUT2D eigenvalue weighted by molar-refractivity contribution is 6.31. The third-order valence-electron chi connectivity index (χ3n) is 3.02. The molecule has 0 saturated carbocycles. The molecule has 0 radical (unpaired) electrons. The van der Waals surface area contributed by atoms with E-state index in [-0.39, 0.29) is 6.04 Å². The molecule has 19 heavy (non-hydrogen) atoms. The van der Waals surface area contributed by atoms with Crippen molar-refractivity contribution in [2.75, 3.05) is 7.05 Å². The zero-order chi connectivity index (χ0) is 13.7. The van der Waals surface area contributed by atoms with Crippen LogP contribution in [0, 0.1) is 0 Å². The summed E-state index contributed by atoms with van der Waals surface area (Å²) in [5, 5.41) is 3.89. The predicted molar refractivity (Wildman–Crippen MR) is 77.5 cm³/mol. The minimum absolute atomic E-state index is 0.190. The highest BCUT2D eigenvalue weighted by Crippen LogP contribution is 2.24. The van der Waals surface area contributed by atoms with E-state index in [1.165, 1.54) is 0 Å². The van der Waals surface area contributed by atoms with Crippen LogP contribution in [0.1, 0.15) is 24.1 Å². The average Bonchev–Trinajstić information content (AvgIpc) is 2.46. The van der Waals surface area contributed by atoms with Gasteiger partial charge in [-0.25, -0.2) is 4.98 Å². The summed E-state index contributed by atoms with van der Waals surface area (Å²) in [4.78, 5) is 4.29. The Balaban J connectivity index is 2.14. The SMILES string of the molecule is CNC(C)c1cccnc1OCc1ccccc1Cl. The van der Waals surface area contributed by atoms with Gasteiger partial charge in [0.2, 0.25) is 5.88 Å². The predicted octanol–water partition coefficient (Wildman–Crippen LogP) is 3.59. The summed E-state index contributed by atoms with van der Waals surface area (Å²) in [7, 11) is 1.91. The van der Waals surface area contributed by atoms with Gasteiger partial charge in [-0.15, -0.1) is 0 Å². The quantitative estimate of drug-likeness (QED) is 0.906. The van der Waals surface area contributed by atoms with Crippen LogP contribution in [0.5, 0.6) is 5.88 Å². The Morgan fingerprint density at radius 2 is 2.05 bits per heavy atom. The molecule has 1 unspecified atom stereocenters. The first kappa shape index (κ1) is 13.8. The maximum atomic E-state index is 6.11. The summed E-state index contributed by atoms with van der Waals surface area (Å²) < 4.78 is 5.79. The van der Waals surface area contributed by atoms with E-state index in [1.54, 1.807) is 6.20 Å². The first-order valence-corrected chi connectivity index (χ1v) is 6.58. The van der Waals surface area contributed by atoms with Gasteiger partial charge in [-0.1, -0.05) is 35.9 Å². The molecule has 1 aromatic heterocycles. The van der Waals surface area contributed by atoms with Crippen LogP contribution in [0.25, 0.3) is 0 Å². The molecule has 0 amide bonds. The van der Waals surface area contributed by atoms with E-state index in [9.17, 15) is 0 Å². The molecule has 1 atom stereocenters. The molecule has 1 N–H and O–H groups in total. The number of ether oxygens (including phenoxy) is 1. The molecule has 4 heteroatoms. The van der Waals surface area contributed by atoms with Crippen molar-refractivity contribution in [3.8, 4) is 5.88 Å². The number of benzene rings is 1. The molecule has 1 heterocycles. The van der Waals surface area contributed by atoms with E-state index in [4.69, 9.17) is 16.3 Å². The van der Waals surface area contributed by atoms with E-state index in [0.29, 0.717) is 17.5 Å². The third kappa shape index (κ3) is 3.46. The van der Waals surface area contributed by atoms with Crippen molar-refractivity contribution >= 4 is 11.6 Å². The smallest absolute Gasteiger partial charge is 0.218 e. The number of hydrogen-bond acceptors (Lipinski definition) is 3. The van der Waals surface area contributed by atoms with Crippen molar-refractivity contribution in [1.82, 2.24) is 10.3 Å². The monoisotopic (exact) mass is 276 g/mol. The molecular weight excluding hydrogens is 260 g/mol. The largest absolute Gasteiger partial charge is 0.472 e. The number of rotatable bonds is 5. The second kappa shape index (κ2) is 6.55. The fourth-order valence-electron chi connectivity index (χ4n) is 1.77. The second-order valence-corrected chi connectivity index (χ2v) is 4.70. The van der Waals surface area contributed by atoms with Crippen molar-refractivity contribution < 1.29 is 4.74 Å². The summed E-state index contributed by atoms with van der Waals surface area (Å²) in [6, 6.07) is 11.8. The zero-order valence-electron chi connectivity index (χ0n) is 11.1. The molecule has 3 nitrogen and oxygen atoms in total. The van der Waals surface area contributed by atoms with Crippen molar-refractivity contribution in [1.29, 1.82) is 0 Å². The maximum absolute atomic E-state index is 6.11. The molecule has 0 aliphatic rings. The lowest BCUT2D eigenvalue weighted by molar-refractivity contribution is 0.288. The fourth-order valence-corrected chi connectivity index (χ4v) is 1.96. The highest BCUT2D eigenvalue weighted by atomic mass is 35.5. The van der Waals surface area contributed by atoms with Gasteiger partial charge < -0.3 is 10.1 Å². The lowest BCUT2D eigenvalue weighted by Gasteiger charge is -2.15. The molecule has 0 fully saturated rings. The van der Waals surface area contributed by atoms with Crippen LogP contribution < -0.4 is 10.1 Å². The van der Waals surface area contributed by atoms with Gasteiger partial charge in [0.05, 0.1) is 0 Å². The molecule has 2 aromatic rings. The standard InChI is InChI=1S/C15H17ClN2O/c1-11(17-2)13-7-5-9-18-15(13)19-10-12-6-3-4-8-14(12)16/h3-9,11,17H,10H2,1-2H3. The van der Waals surface area contributed by atoms with Gasteiger partial charge in [0.15, 0.2) is 0 Å². The summed E-state index contributed by atoms with van der Waals surface area (Å²) in [5.41, 5.74) is 2.00. The number of halogens is 1. The Morgan fingerprint density at radius 3 is 2.79 bits per heavy atom. The minimum atomic E-state index is 0.190. The van der Waals surface area contributed by atoms with Gasteiger partial charge in [0.25, 0.3) is 0 Å². The van der Waals surface area contributed by atoms with Crippen molar-refractivity contribution in [3.63, 3.8) is 0 Å². The van der Waals surface area contributed by atoms with E-state index >= 15 is 0 Å². The van der Waals surface area contributed by atoms with Crippen LogP contribution in [0.4, 0.5) is 0 Å². The first-order valence-electron chi connectivity index (χ1n) is 6.20. The number of pyridine rings is 1. The number of hydrogen-bond donors (Lipinski definition) is 1. The normalized spacial score (nSPS) is 12.2. The number of nitrogens with zero attached hydrogens (tertiary/aromatic N) is 1. The Morgan fingerprint density at radius 1 is 1.26 bits per heavy atom. The molecule has 0 saturated heterocycles. The van der Waals surface area contributed by atoms with Gasteiger partial charge >= 0.3 is 0 Å². The van der Waals surface area contributed by atoms with Crippen LogP contribution in [0.2, 0.25) is 5.02 Å². The van der Waals surface area contributed by atoms with E-state index < -0.39 is 0 Å². The van der Waals surface area contributed by atoms with Gasteiger partial charge in [-0.2, -0.15) is 0 Å². The van der Waals surface area contributed by atoms with E-state index in [1.807, 2.05) is 43.4 Å². The van der Waals surface area contributed by atoms with Crippen molar-refractivity contribution in [2.45, 2.75) is 19.6 Å². The highest BCUT2D eigenvalue weighted by Gasteiger charge is 2.11. The van der Waals surface area contributed by atoms with Crippen LogP contribution in [-0.4, -0.2) is 12.0 Å². The fraction of sp³-hybridized carbons (Fsp3) is 0.267. The number of aromatic nitrogens is 1. The Kier molecular flexibility index (Phi) is 4.77. The van der Waals surface area contributed by atoms with Crippen LogP contribution in [0.15, 0.2) is 42.6 Å². The third-order valence-corrected chi connectivity index (χ3v) is 3.39. The minimum Gasteiger partial charge on any atom is -0.472 e. The van der Waals surface area contributed by atoms with Crippen molar-refractivity contribution in [2.24, 2.45) is 0 Å². The molecule has 0 spiro atoms. The Hall–Kier alpha value is -1.58. The maximum Gasteiger partial charge on any atom is 0.218 e. The molecule has 2 rings (SSSR count). The van der Waals surface area contributed by atoms with E-state index in [0.717, 1.165) is 11.1 Å². The molecule has 0 aliphatic carbocycles. The summed E-state index contributed by atoms with van der Waals surface area (Å²) in [6.07, 6.45) is 1.73. The van der Waals surface area contributed by atoms with Crippen LogP contribution in [0.3, 0.4) is 0 Å². The molecular formula is C15H17ClN2O. The number of nitrogens with one attached hydrogen (secondary N) is 1. The van der Waals surface area contributed by atoms with Crippen LogP contribution in [-0.2, 0) is 6.61 Å². The van der Waals surface area contributed by atoms with Gasteiger partial charge in [0, 0.05) is 28.4 Å². The first-order chi connectivity index (χ1) is 9.22. The molecule has 0 aliphatic heterocycles.